The Kier molecular flexibility index (Phi) is 5.32. The van der Waals surface area contributed by atoms with E-state index in [1.54, 1.807) is 0 Å². The third-order valence-electron chi connectivity index (χ3n) is 4.64. The molecule has 6 nitrogen and oxygen atoms in total. The minimum atomic E-state index is -0.531. The van der Waals surface area contributed by atoms with Gasteiger partial charge in [0.15, 0.2) is 11.5 Å². The van der Waals surface area contributed by atoms with Crippen molar-refractivity contribution in [3.8, 4) is 23.0 Å². The second kappa shape index (κ2) is 8.21. The molecule has 1 aliphatic rings. The summed E-state index contributed by atoms with van der Waals surface area (Å²) in [4.78, 5) is 19.9. The predicted molar refractivity (Wildman–Crippen MR) is 111 cm³/mol. The molecule has 7 heteroatoms. The quantitative estimate of drug-likeness (QED) is 0.651. The summed E-state index contributed by atoms with van der Waals surface area (Å²) in [5, 5.41) is 2.80. The topological polar surface area (TPSA) is 90.1 Å². The zero-order valence-corrected chi connectivity index (χ0v) is 16.1. The highest BCUT2D eigenvalue weighted by Gasteiger charge is 2.28. The first kappa shape index (κ1) is 18.8. The molecule has 3 N–H and O–H groups in total. The minimum Gasteiger partial charge on any atom is -0.449 e. The van der Waals surface area contributed by atoms with Crippen LogP contribution in [0.25, 0.3) is 11.1 Å². The van der Waals surface area contributed by atoms with Crippen molar-refractivity contribution in [1.29, 1.82) is 0 Å². The molecule has 0 bridgehead atoms. The zero-order valence-electron chi connectivity index (χ0n) is 15.4. The fourth-order valence-electron chi connectivity index (χ4n) is 3.37. The van der Waals surface area contributed by atoms with E-state index in [9.17, 15) is 4.79 Å². The molecule has 0 radical (unpaired) electrons. The summed E-state index contributed by atoms with van der Waals surface area (Å²) >= 11 is 5.70. The molecule has 1 amide bonds. The summed E-state index contributed by atoms with van der Waals surface area (Å²) in [5.74, 6) is 5.67. The van der Waals surface area contributed by atoms with Crippen LogP contribution in [0.15, 0.2) is 54.7 Å². The van der Waals surface area contributed by atoms with Crippen molar-refractivity contribution in [2.45, 2.75) is 5.92 Å². The number of alkyl carbamates (subject to hydrolysis) is 1. The number of ether oxygens (including phenoxy) is 1. The number of nitrogens with one attached hydrogen (secondary N) is 1. The standard InChI is InChI=1S/C22H17ClN4O2/c23-20-12-26-19(21(24)27-20)10-5-11-25-22(28)29-13-18-16-8-3-1-6-14(16)15-7-2-4-9-17(15)18/h1-4,6-9,12,18H,11,13H2,(H2,24,27)(H,25,28). The molecular formula is C22H17ClN4O2. The molecule has 2 aromatic carbocycles. The Bertz CT molecular complexity index is 1090. The molecule has 0 saturated heterocycles. The zero-order chi connectivity index (χ0) is 20.2. The molecule has 0 aliphatic heterocycles. The van der Waals surface area contributed by atoms with E-state index in [4.69, 9.17) is 22.1 Å². The van der Waals surface area contributed by atoms with Gasteiger partial charge in [0.05, 0.1) is 12.7 Å². The first-order valence-electron chi connectivity index (χ1n) is 8.99. The molecule has 144 valence electrons. The maximum Gasteiger partial charge on any atom is 0.407 e. The van der Waals surface area contributed by atoms with Gasteiger partial charge in [0.25, 0.3) is 0 Å². The summed E-state index contributed by atoms with van der Waals surface area (Å²) in [6, 6.07) is 16.4. The molecule has 3 aromatic rings. The number of rotatable bonds is 3. The van der Waals surface area contributed by atoms with Crippen LogP contribution in [0.1, 0.15) is 22.7 Å². The SMILES string of the molecule is Nc1nc(Cl)cnc1C#CCNC(=O)OCC1c2ccccc2-c2ccccc21. The second-order valence-corrected chi connectivity index (χ2v) is 6.79. The molecule has 0 atom stereocenters. The maximum absolute atomic E-state index is 12.1. The van der Waals surface area contributed by atoms with Crippen LogP contribution < -0.4 is 11.1 Å². The van der Waals surface area contributed by atoms with Crippen LogP contribution >= 0.6 is 11.6 Å². The number of aromatic nitrogens is 2. The lowest BCUT2D eigenvalue weighted by Crippen LogP contribution is -2.26. The van der Waals surface area contributed by atoms with Crippen LogP contribution in [0, 0.1) is 11.8 Å². The van der Waals surface area contributed by atoms with Crippen molar-refractivity contribution < 1.29 is 9.53 Å². The van der Waals surface area contributed by atoms with Gasteiger partial charge in [0.2, 0.25) is 0 Å². The lowest BCUT2D eigenvalue weighted by atomic mass is 9.98. The highest BCUT2D eigenvalue weighted by Crippen LogP contribution is 2.44. The third-order valence-corrected chi connectivity index (χ3v) is 4.82. The van der Waals surface area contributed by atoms with Crippen molar-refractivity contribution in [2.75, 3.05) is 18.9 Å². The maximum atomic E-state index is 12.1. The summed E-state index contributed by atoms with van der Waals surface area (Å²) < 4.78 is 5.44. The van der Waals surface area contributed by atoms with E-state index in [-0.39, 0.29) is 30.0 Å². The van der Waals surface area contributed by atoms with Crippen LogP contribution in [-0.4, -0.2) is 29.2 Å². The van der Waals surface area contributed by atoms with Gasteiger partial charge in [0.1, 0.15) is 11.8 Å². The summed E-state index contributed by atoms with van der Waals surface area (Å²) in [5.41, 5.74) is 10.7. The van der Waals surface area contributed by atoms with E-state index in [1.165, 1.54) is 17.3 Å². The number of anilines is 1. The Labute approximate surface area is 173 Å². The monoisotopic (exact) mass is 404 g/mol. The fourth-order valence-corrected chi connectivity index (χ4v) is 3.51. The molecule has 0 saturated carbocycles. The largest absolute Gasteiger partial charge is 0.449 e. The van der Waals surface area contributed by atoms with Gasteiger partial charge in [0, 0.05) is 5.92 Å². The van der Waals surface area contributed by atoms with Crippen molar-refractivity contribution >= 4 is 23.5 Å². The first-order chi connectivity index (χ1) is 14.1. The van der Waals surface area contributed by atoms with E-state index < -0.39 is 6.09 Å². The number of nitrogen functional groups attached to an aromatic ring is 1. The molecule has 1 aliphatic carbocycles. The number of fused-ring (bicyclic) bond motifs is 3. The van der Waals surface area contributed by atoms with E-state index in [0.29, 0.717) is 5.69 Å². The molecular weight excluding hydrogens is 388 g/mol. The number of nitrogens with zero attached hydrogens (tertiary/aromatic N) is 2. The predicted octanol–water partition coefficient (Wildman–Crippen LogP) is 3.60. The number of hydrogen-bond donors (Lipinski definition) is 2. The second-order valence-electron chi connectivity index (χ2n) is 6.41. The number of halogens is 1. The first-order valence-corrected chi connectivity index (χ1v) is 9.37. The minimum absolute atomic E-state index is 0.0170. The number of hydrogen-bond acceptors (Lipinski definition) is 5. The average Bonchev–Trinajstić information content (AvgIpc) is 3.05. The van der Waals surface area contributed by atoms with Crippen molar-refractivity contribution in [3.63, 3.8) is 0 Å². The summed E-state index contributed by atoms with van der Waals surface area (Å²) in [6.45, 7) is 0.351. The van der Waals surface area contributed by atoms with Crippen LogP contribution in [0.4, 0.5) is 10.6 Å². The van der Waals surface area contributed by atoms with Crippen LogP contribution in [0.2, 0.25) is 5.15 Å². The highest BCUT2D eigenvalue weighted by molar-refractivity contribution is 6.29. The molecule has 0 fully saturated rings. The normalized spacial score (nSPS) is 11.8. The van der Waals surface area contributed by atoms with Crippen LogP contribution in [0.3, 0.4) is 0 Å². The van der Waals surface area contributed by atoms with Gasteiger partial charge in [-0.3, -0.25) is 0 Å². The summed E-state index contributed by atoms with van der Waals surface area (Å²) in [7, 11) is 0. The molecule has 1 heterocycles. The number of carbonyl (C=O) groups is 1. The van der Waals surface area contributed by atoms with E-state index in [1.807, 2.05) is 24.3 Å². The summed E-state index contributed by atoms with van der Waals surface area (Å²) in [6.07, 6.45) is 0.831. The van der Waals surface area contributed by atoms with Crippen molar-refractivity contribution in [3.05, 3.63) is 76.7 Å². The fraction of sp³-hybridized carbons (Fsp3) is 0.136. The van der Waals surface area contributed by atoms with E-state index in [0.717, 1.165) is 11.1 Å². The molecule has 4 rings (SSSR count). The Morgan fingerprint density at radius 2 is 1.79 bits per heavy atom. The van der Waals surface area contributed by atoms with Gasteiger partial charge in [-0.15, -0.1) is 0 Å². The lowest BCUT2D eigenvalue weighted by Gasteiger charge is -2.14. The van der Waals surface area contributed by atoms with Crippen LogP contribution in [0.5, 0.6) is 0 Å². The number of benzene rings is 2. The Morgan fingerprint density at radius 1 is 1.14 bits per heavy atom. The molecule has 29 heavy (non-hydrogen) atoms. The molecule has 0 unspecified atom stereocenters. The van der Waals surface area contributed by atoms with Crippen molar-refractivity contribution in [2.24, 2.45) is 0 Å². The van der Waals surface area contributed by atoms with Gasteiger partial charge in [-0.25, -0.2) is 14.8 Å². The Hall–Kier alpha value is -3.56. The average molecular weight is 405 g/mol. The van der Waals surface area contributed by atoms with Crippen LogP contribution in [-0.2, 0) is 4.74 Å². The smallest absolute Gasteiger partial charge is 0.407 e. The van der Waals surface area contributed by atoms with Crippen molar-refractivity contribution in [1.82, 2.24) is 15.3 Å². The lowest BCUT2D eigenvalue weighted by molar-refractivity contribution is 0.144. The van der Waals surface area contributed by atoms with Gasteiger partial charge in [-0.05, 0) is 28.2 Å². The Balaban J connectivity index is 1.35. The van der Waals surface area contributed by atoms with E-state index >= 15 is 0 Å². The molecule has 0 spiro atoms. The van der Waals surface area contributed by atoms with Gasteiger partial charge < -0.3 is 15.8 Å². The molecule has 1 aromatic heterocycles. The Morgan fingerprint density at radius 3 is 2.45 bits per heavy atom. The number of carbonyl (C=O) groups excluding carboxylic acids is 1. The van der Waals surface area contributed by atoms with E-state index in [2.05, 4.69) is 51.4 Å². The van der Waals surface area contributed by atoms with Gasteiger partial charge >= 0.3 is 6.09 Å². The number of nitrogens with two attached hydrogens (primary N) is 1. The third kappa shape index (κ3) is 4.00. The highest BCUT2D eigenvalue weighted by atomic mass is 35.5. The number of amides is 1. The van der Waals surface area contributed by atoms with Gasteiger partial charge in [-0.1, -0.05) is 66.1 Å². The van der Waals surface area contributed by atoms with Gasteiger partial charge in [-0.2, -0.15) is 0 Å².